The predicted molar refractivity (Wildman–Crippen MR) is 113 cm³/mol. The fourth-order valence-electron chi connectivity index (χ4n) is 2.40. The lowest BCUT2D eigenvalue weighted by Gasteiger charge is -2.09. The lowest BCUT2D eigenvalue weighted by atomic mass is 10.2. The minimum absolute atomic E-state index is 0.00845. The zero-order valence-corrected chi connectivity index (χ0v) is 16.5. The van der Waals surface area contributed by atoms with Crippen LogP contribution in [0.5, 0.6) is 0 Å². The Bertz CT molecular complexity index is 1130. The summed E-state index contributed by atoms with van der Waals surface area (Å²) in [5.41, 5.74) is 1.40. The molecule has 3 aromatic rings. The molecule has 0 heterocycles. The molecule has 0 aliphatic rings. The molecule has 0 radical (unpaired) electrons. The number of hydrogen-bond donors (Lipinski definition) is 2. The Morgan fingerprint density at radius 2 is 1.45 bits per heavy atom. The van der Waals surface area contributed by atoms with Crippen molar-refractivity contribution in [3.8, 4) is 0 Å². The third-order valence-electron chi connectivity index (χ3n) is 3.83. The lowest BCUT2D eigenvalue weighted by molar-refractivity contribution is -0.112. The fourth-order valence-corrected chi connectivity index (χ4v) is 3.63. The van der Waals surface area contributed by atoms with Crippen LogP contribution < -0.4 is 10.0 Å². The van der Waals surface area contributed by atoms with Gasteiger partial charge in [-0.25, -0.2) is 12.8 Å². The van der Waals surface area contributed by atoms with Crippen LogP contribution in [0.25, 0.3) is 6.08 Å². The summed E-state index contributed by atoms with van der Waals surface area (Å²) in [6.45, 7) is 0. The first-order valence-electron chi connectivity index (χ1n) is 8.45. The molecule has 0 aliphatic carbocycles. The van der Waals surface area contributed by atoms with E-state index >= 15 is 0 Å². The first-order valence-corrected chi connectivity index (χ1v) is 10.3. The summed E-state index contributed by atoms with van der Waals surface area (Å²) in [5, 5.41) is 2.59. The molecule has 3 rings (SSSR count). The number of amides is 1. The van der Waals surface area contributed by atoms with E-state index in [9.17, 15) is 17.6 Å². The first-order chi connectivity index (χ1) is 13.8. The monoisotopic (exact) mass is 430 g/mol. The molecular weight excluding hydrogens is 415 g/mol. The third kappa shape index (κ3) is 5.66. The number of halogens is 2. The number of carbonyl (C=O) groups is 1. The minimum Gasteiger partial charge on any atom is -0.321 e. The van der Waals surface area contributed by atoms with Crippen LogP contribution in [-0.4, -0.2) is 14.3 Å². The van der Waals surface area contributed by atoms with Gasteiger partial charge < -0.3 is 5.32 Å². The number of nitrogens with one attached hydrogen (secondary N) is 2. The van der Waals surface area contributed by atoms with Gasteiger partial charge in [-0.2, -0.15) is 0 Å². The standard InChI is InChI=1S/C21H16ClFN2O3S/c22-20(14-15-4-2-1-3-5-15)21(26)24-17-10-12-19(13-11-17)29(27,28)25-18-8-6-16(23)7-9-18/h1-14,25H,(H,24,26)/b20-14-. The number of sulfonamides is 1. The van der Waals surface area contributed by atoms with E-state index in [-0.39, 0.29) is 15.6 Å². The Hall–Kier alpha value is -3.16. The van der Waals surface area contributed by atoms with E-state index in [0.717, 1.165) is 17.7 Å². The smallest absolute Gasteiger partial charge is 0.267 e. The molecule has 0 aliphatic heterocycles. The Morgan fingerprint density at radius 3 is 2.07 bits per heavy atom. The summed E-state index contributed by atoms with van der Waals surface area (Å²) in [5.74, 6) is -0.983. The van der Waals surface area contributed by atoms with Crippen molar-refractivity contribution in [3.63, 3.8) is 0 Å². The molecule has 148 valence electrons. The van der Waals surface area contributed by atoms with Gasteiger partial charge in [0.15, 0.2) is 0 Å². The van der Waals surface area contributed by atoms with Crippen molar-refractivity contribution in [1.82, 2.24) is 0 Å². The number of benzene rings is 3. The van der Waals surface area contributed by atoms with E-state index in [4.69, 9.17) is 11.6 Å². The van der Waals surface area contributed by atoms with Crippen molar-refractivity contribution < 1.29 is 17.6 Å². The molecular formula is C21H16ClFN2O3S. The van der Waals surface area contributed by atoms with Crippen LogP contribution in [-0.2, 0) is 14.8 Å². The maximum absolute atomic E-state index is 12.9. The van der Waals surface area contributed by atoms with E-state index in [1.165, 1.54) is 42.5 Å². The van der Waals surface area contributed by atoms with Gasteiger partial charge in [-0.15, -0.1) is 0 Å². The average Bonchev–Trinajstić information content (AvgIpc) is 2.71. The van der Waals surface area contributed by atoms with E-state index in [1.54, 1.807) is 0 Å². The van der Waals surface area contributed by atoms with Gasteiger partial charge in [0.25, 0.3) is 15.9 Å². The summed E-state index contributed by atoms with van der Waals surface area (Å²) in [4.78, 5) is 12.2. The summed E-state index contributed by atoms with van der Waals surface area (Å²) in [6.07, 6.45) is 1.53. The predicted octanol–water partition coefficient (Wildman–Crippen LogP) is 4.84. The SMILES string of the molecule is O=C(Nc1ccc(S(=O)(=O)Nc2ccc(F)cc2)cc1)/C(Cl)=C/c1ccccc1. The highest BCUT2D eigenvalue weighted by atomic mass is 35.5. The van der Waals surface area contributed by atoms with Crippen molar-refractivity contribution >= 4 is 45.0 Å². The van der Waals surface area contributed by atoms with E-state index in [2.05, 4.69) is 10.0 Å². The van der Waals surface area contributed by atoms with Crippen molar-refractivity contribution in [3.05, 3.63) is 95.3 Å². The van der Waals surface area contributed by atoms with Crippen LogP contribution in [0.2, 0.25) is 0 Å². The van der Waals surface area contributed by atoms with Crippen molar-refractivity contribution in [2.45, 2.75) is 4.90 Å². The van der Waals surface area contributed by atoms with Crippen molar-refractivity contribution in [2.24, 2.45) is 0 Å². The molecule has 0 aromatic heterocycles. The van der Waals surface area contributed by atoms with Gasteiger partial charge in [-0.1, -0.05) is 41.9 Å². The zero-order chi connectivity index (χ0) is 20.9. The number of hydrogen-bond acceptors (Lipinski definition) is 3. The largest absolute Gasteiger partial charge is 0.321 e. The summed E-state index contributed by atoms with van der Waals surface area (Å²) in [6, 6.07) is 19.7. The number of carbonyl (C=O) groups excluding carboxylic acids is 1. The average molecular weight is 431 g/mol. The molecule has 1 amide bonds. The molecule has 0 spiro atoms. The van der Waals surface area contributed by atoms with Gasteiger partial charge in [0.1, 0.15) is 10.8 Å². The highest BCUT2D eigenvalue weighted by Crippen LogP contribution is 2.20. The van der Waals surface area contributed by atoms with Crippen LogP contribution in [0.4, 0.5) is 15.8 Å². The van der Waals surface area contributed by atoms with E-state index < -0.39 is 21.7 Å². The van der Waals surface area contributed by atoms with Crippen molar-refractivity contribution in [2.75, 3.05) is 10.0 Å². The third-order valence-corrected chi connectivity index (χ3v) is 5.51. The van der Waals surface area contributed by atoms with Crippen LogP contribution in [0.1, 0.15) is 5.56 Å². The van der Waals surface area contributed by atoms with Gasteiger partial charge in [-0.05, 0) is 60.2 Å². The molecule has 0 saturated carbocycles. The van der Waals surface area contributed by atoms with Gasteiger partial charge in [0.2, 0.25) is 0 Å². The molecule has 8 heteroatoms. The molecule has 0 atom stereocenters. The molecule has 0 fully saturated rings. The molecule has 2 N–H and O–H groups in total. The van der Waals surface area contributed by atoms with Crippen LogP contribution in [0.3, 0.4) is 0 Å². The maximum Gasteiger partial charge on any atom is 0.267 e. The second-order valence-corrected chi connectivity index (χ2v) is 8.08. The molecule has 3 aromatic carbocycles. The van der Waals surface area contributed by atoms with Gasteiger partial charge in [0, 0.05) is 11.4 Å². The Labute approximate surface area is 172 Å². The summed E-state index contributed by atoms with van der Waals surface area (Å²) >= 11 is 6.04. The molecule has 29 heavy (non-hydrogen) atoms. The van der Waals surface area contributed by atoms with E-state index in [1.807, 2.05) is 30.3 Å². The summed E-state index contributed by atoms with van der Waals surface area (Å²) < 4.78 is 40.1. The quantitative estimate of drug-likeness (QED) is 0.549. The van der Waals surface area contributed by atoms with Gasteiger partial charge >= 0.3 is 0 Å². The minimum atomic E-state index is -3.85. The highest BCUT2D eigenvalue weighted by molar-refractivity contribution is 7.92. The fraction of sp³-hybridized carbons (Fsp3) is 0. The highest BCUT2D eigenvalue weighted by Gasteiger charge is 2.15. The van der Waals surface area contributed by atoms with Crippen molar-refractivity contribution in [1.29, 1.82) is 0 Å². The van der Waals surface area contributed by atoms with Crippen LogP contribution in [0.15, 0.2) is 88.8 Å². The number of anilines is 2. The first kappa shape index (κ1) is 20.6. The normalized spacial score (nSPS) is 11.7. The molecule has 5 nitrogen and oxygen atoms in total. The Kier molecular flexibility index (Phi) is 6.31. The molecule has 0 saturated heterocycles. The summed E-state index contributed by atoms with van der Waals surface area (Å²) in [7, 11) is -3.85. The van der Waals surface area contributed by atoms with Crippen LogP contribution >= 0.6 is 11.6 Å². The second-order valence-electron chi connectivity index (χ2n) is 5.99. The second kappa shape index (κ2) is 8.89. The van der Waals surface area contributed by atoms with Crippen LogP contribution in [0, 0.1) is 5.82 Å². The van der Waals surface area contributed by atoms with Gasteiger partial charge in [0.05, 0.1) is 4.90 Å². The molecule has 0 bridgehead atoms. The topological polar surface area (TPSA) is 75.3 Å². The Morgan fingerprint density at radius 1 is 0.862 bits per heavy atom. The number of rotatable bonds is 6. The van der Waals surface area contributed by atoms with E-state index in [0.29, 0.717) is 5.69 Å². The lowest BCUT2D eigenvalue weighted by Crippen LogP contribution is -2.14. The maximum atomic E-state index is 12.9. The van der Waals surface area contributed by atoms with Gasteiger partial charge in [-0.3, -0.25) is 9.52 Å². The molecule has 0 unspecified atom stereocenters. The Balaban J connectivity index is 1.68. The zero-order valence-electron chi connectivity index (χ0n) is 15.0.